The number of hydrogen-bond acceptors (Lipinski definition) is 4. The van der Waals surface area contributed by atoms with Crippen LogP contribution >= 0.6 is 15.9 Å². The van der Waals surface area contributed by atoms with Gasteiger partial charge in [-0.3, -0.25) is 9.89 Å². The summed E-state index contributed by atoms with van der Waals surface area (Å²) in [7, 11) is -3.57. The number of aromatic amines is 1. The Morgan fingerprint density at radius 3 is 2.79 bits per heavy atom. The highest BCUT2D eigenvalue weighted by atomic mass is 79.9. The Morgan fingerprint density at radius 1 is 1.21 bits per heavy atom. The van der Waals surface area contributed by atoms with Crippen LogP contribution in [0.1, 0.15) is 5.56 Å². The number of carbonyl (C=O) groups is 1. The normalized spacial score (nSPS) is 11.5. The van der Waals surface area contributed by atoms with Crippen molar-refractivity contribution in [2.45, 2.75) is 5.75 Å². The number of H-pyrrole nitrogens is 1. The molecule has 2 aromatic carbocycles. The standard InChI is InChI=1S/C16H14BrN3O3S/c17-13-5-1-3-11(7-13)9-24(22,23)10-15(21)19-14-6-2-4-12-8-18-20-16(12)14/h1-8H,9-10H2,(H,18,20)(H,19,21). The Hall–Kier alpha value is -2.19. The lowest BCUT2D eigenvalue weighted by atomic mass is 10.2. The predicted molar refractivity (Wildman–Crippen MR) is 96.4 cm³/mol. The molecule has 3 rings (SSSR count). The molecule has 1 amide bonds. The molecular formula is C16H14BrN3O3S. The summed E-state index contributed by atoms with van der Waals surface area (Å²) in [4.78, 5) is 12.1. The van der Waals surface area contributed by atoms with Gasteiger partial charge in [-0.05, 0) is 23.8 Å². The fourth-order valence-corrected chi connectivity index (χ4v) is 4.10. The van der Waals surface area contributed by atoms with Crippen molar-refractivity contribution in [3.05, 3.63) is 58.7 Å². The SMILES string of the molecule is O=C(CS(=O)(=O)Cc1cccc(Br)c1)Nc1cccc2cn[nH]c12. The number of aromatic nitrogens is 2. The second-order valence-electron chi connectivity index (χ2n) is 5.35. The third-order valence-electron chi connectivity index (χ3n) is 3.38. The smallest absolute Gasteiger partial charge is 0.239 e. The Balaban J connectivity index is 1.71. The second-order valence-corrected chi connectivity index (χ2v) is 8.33. The minimum absolute atomic E-state index is 0.186. The van der Waals surface area contributed by atoms with Crippen LogP contribution in [0.25, 0.3) is 10.9 Å². The zero-order chi connectivity index (χ0) is 17.2. The summed E-state index contributed by atoms with van der Waals surface area (Å²) in [6.45, 7) is 0. The molecule has 0 atom stereocenters. The number of fused-ring (bicyclic) bond motifs is 1. The average Bonchev–Trinajstić information content (AvgIpc) is 2.95. The molecule has 0 bridgehead atoms. The molecule has 6 nitrogen and oxygen atoms in total. The number of nitrogens with one attached hydrogen (secondary N) is 2. The number of hydrogen-bond donors (Lipinski definition) is 2. The van der Waals surface area contributed by atoms with Gasteiger partial charge in [0.15, 0.2) is 9.84 Å². The van der Waals surface area contributed by atoms with Gasteiger partial charge in [0.1, 0.15) is 5.75 Å². The number of para-hydroxylation sites is 1. The molecule has 1 heterocycles. The number of amides is 1. The Morgan fingerprint density at radius 2 is 2.00 bits per heavy atom. The third-order valence-corrected chi connectivity index (χ3v) is 5.35. The van der Waals surface area contributed by atoms with Crippen molar-refractivity contribution in [3.63, 3.8) is 0 Å². The van der Waals surface area contributed by atoms with Gasteiger partial charge in [-0.1, -0.05) is 40.2 Å². The van der Waals surface area contributed by atoms with Gasteiger partial charge in [-0.2, -0.15) is 5.10 Å². The van der Waals surface area contributed by atoms with E-state index in [0.29, 0.717) is 16.8 Å². The lowest BCUT2D eigenvalue weighted by Crippen LogP contribution is -2.24. The number of anilines is 1. The fraction of sp³-hybridized carbons (Fsp3) is 0.125. The van der Waals surface area contributed by atoms with Crippen LogP contribution in [0.3, 0.4) is 0 Å². The van der Waals surface area contributed by atoms with Crippen molar-refractivity contribution in [1.82, 2.24) is 10.2 Å². The van der Waals surface area contributed by atoms with Gasteiger partial charge < -0.3 is 5.32 Å². The predicted octanol–water partition coefficient (Wildman–Crippen LogP) is 2.88. The maximum absolute atomic E-state index is 12.2. The van der Waals surface area contributed by atoms with Gasteiger partial charge in [-0.25, -0.2) is 8.42 Å². The van der Waals surface area contributed by atoms with E-state index in [1.807, 2.05) is 12.1 Å². The summed E-state index contributed by atoms with van der Waals surface area (Å²) in [5, 5.41) is 10.2. The zero-order valence-electron chi connectivity index (χ0n) is 12.5. The van der Waals surface area contributed by atoms with Gasteiger partial charge in [0.05, 0.1) is 23.2 Å². The molecule has 2 N–H and O–H groups in total. The summed E-state index contributed by atoms with van der Waals surface area (Å²) < 4.78 is 25.3. The summed E-state index contributed by atoms with van der Waals surface area (Å²) in [5.74, 6) is -1.34. The van der Waals surface area contributed by atoms with Gasteiger partial charge in [0.2, 0.25) is 5.91 Å². The first-order valence-electron chi connectivity index (χ1n) is 7.10. The van der Waals surface area contributed by atoms with E-state index in [-0.39, 0.29) is 5.75 Å². The molecule has 1 aromatic heterocycles. The molecule has 0 saturated heterocycles. The minimum atomic E-state index is -3.57. The van der Waals surface area contributed by atoms with E-state index in [4.69, 9.17) is 0 Å². The minimum Gasteiger partial charge on any atom is -0.323 e. The number of carbonyl (C=O) groups excluding carboxylic acids is 1. The Labute approximate surface area is 147 Å². The summed E-state index contributed by atoms with van der Waals surface area (Å²) in [5.41, 5.74) is 1.80. The van der Waals surface area contributed by atoms with Crippen molar-refractivity contribution in [3.8, 4) is 0 Å². The molecule has 0 fully saturated rings. The first-order chi connectivity index (χ1) is 11.4. The highest BCUT2D eigenvalue weighted by molar-refractivity contribution is 9.10. The molecule has 0 radical (unpaired) electrons. The molecule has 0 aliphatic rings. The molecular weight excluding hydrogens is 394 g/mol. The Kier molecular flexibility index (Phi) is 4.68. The lowest BCUT2D eigenvalue weighted by molar-refractivity contribution is -0.113. The first kappa shape index (κ1) is 16.7. The van der Waals surface area contributed by atoms with Gasteiger partial charge in [-0.15, -0.1) is 0 Å². The quantitative estimate of drug-likeness (QED) is 0.679. The third kappa shape index (κ3) is 4.01. The van der Waals surface area contributed by atoms with Crippen LogP contribution in [0.2, 0.25) is 0 Å². The molecule has 0 spiro atoms. The van der Waals surface area contributed by atoms with Crippen molar-refractivity contribution < 1.29 is 13.2 Å². The Bertz CT molecular complexity index is 998. The van der Waals surface area contributed by atoms with E-state index in [9.17, 15) is 13.2 Å². The monoisotopic (exact) mass is 407 g/mol. The molecule has 8 heteroatoms. The second kappa shape index (κ2) is 6.74. The van der Waals surface area contributed by atoms with Crippen LogP contribution in [0, 0.1) is 0 Å². The molecule has 24 heavy (non-hydrogen) atoms. The van der Waals surface area contributed by atoms with E-state index in [0.717, 1.165) is 9.86 Å². The van der Waals surface area contributed by atoms with E-state index < -0.39 is 21.5 Å². The zero-order valence-corrected chi connectivity index (χ0v) is 14.9. The molecule has 0 aliphatic heterocycles. The van der Waals surface area contributed by atoms with Crippen LogP contribution < -0.4 is 5.32 Å². The maximum atomic E-state index is 12.2. The number of sulfone groups is 1. The van der Waals surface area contributed by atoms with Crippen molar-refractivity contribution in [2.24, 2.45) is 0 Å². The first-order valence-corrected chi connectivity index (χ1v) is 9.71. The van der Waals surface area contributed by atoms with Gasteiger partial charge in [0.25, 0.3) is 0 Å². The summed E-state index contributed by atoms with van der Waals surface area (Å²) in [6, 6.07) is 12.3. The van der Waals surface area contributed by atoms with Crippen molar-refractivity contribution >= 4 is 48.3 Å². The van der Waals surface area contributed by atoms with E-state index >= 15 is 0 Å². The van der Waals surface area contributed by atoms with Crippen LogP contribution in [0.15, 0.2) is 53.1 Å². The molecule has 3 aromatic rings. The number of halogens is 1. The summed E-state index contributed by atoms with van der Waals surface area (Å²) >= 11 is 3.30. The highest BCUT2D eigenvalue weighted by Crippen LogP contribution is 2.20. The molecule has 124 valence electrons. The number of nitrogens with zero attached hydrogens (tertiary/aromatic N) is 1. The van der Waals surface area contributed by atoms with Crippen LogP contribution in [-0.2, 0) is 20.4 Å². The summed E-state index contributed by atoms with van der Waals surface area (Å²) in [6.07, 6.45) is 1.63. The van der Waals surface area contributed by atoms with Crippen LogP contribution in [-0.4, -0.2) is 30.3 Å². The fourth-order valence-electron chi connectivity index (χ4n) is 2.39. The van der Waals surface area contributed by atoms with Gasteiger partial charge >= 0.3 is 0 Å². The average molecular weight is 408 g/mol. The van der Waals surface area contributed by atoms with Crippen LogP contribution in [0.5, 0.6) is 0 Å². The topological polar surface area (TPSA) is 91.9 Å². The van der Waals surface area contributed by atoms with E-state index in [1.54, 1.807) is 36.5 Å². The van der Waals surface area contributed by atoms with Gasteiger partial charge in [0, 0.05) is 9.86 Å². The van der Waals surface area contributed by atoms with Crippen LogP contribution in [0.4, 0.5) is 5.69 Å². The number of rotatable bonds is 5. The molecule has 0 unspecified atom stereocenters. The van der Waals surface area contributed by atoms with Crippen molar-refractivity contribution in [1.29, 1.82) is 0 Å². The molecule has 0 saturated carbocycles. The molecule has 0 aliphatic carbocycles. The largest absolute Gasteiger partial charge is 0.323 e. The number of benzene rings is 2. The van der Waals surface area contributed by atoms with Crippen molar-refractivity contribution in [2.75, 3.05) is 11.1 Å². The maximum Gasteiger partial charge on any atom is 0.239 e. The highest BCUT2D eigenvalue weighted by Gasteiger charge is 2.18. The lowest BCUT2D eigenvalue weighted by Gasteiger charge is -2.07. The van der Waals surface area contributed by atoms with E-state index in [2.05, 4.69) is 31.4 Å². The van der Waals surface area contributed by atoms with E-state index in [1.165, 1.54) is 0 Å².